The third-order valence-electron chi connectivity index (χ3n) is 4.87. The largest absolute Gasteiger partial charge is 0.366 e. The maximum Gasteiger partial charge on any atom is 0.144 e. The zero-order chi connectivity index (χ0) is 14.5. The molecule has 0 aromatic carbocycles. The van der Waals surface area contributed by atoms with Crippen LogP contribution in [0.5, 0.6) is 0 Å². The van der Waals surface area contributed by atoms with Crippen LogP contribution in [0.1, 0.15) is 74.6 Å². The molecule has 3 nitrogen and oxygen atoms in total. The minimum atomic E-state index is 0.492. The second kappa shape index (κ2) is 6.93. The van der Waals surface area contributed by atoms with E-state index in [9.17, 15) is 5.26 Å². The molecular weight excluding hydrogens is 258 g/mol. The first-order valence-electron chi connectivity index (χ1n) is 8.56. The molecule has 1 N–H and O–H groups in total. The van der Waals surface area contributed by atoms with E-state index in [4.69, 9.17) is 4.98 Å². The molecular formula is C18H25N3. The number of hydrogen-bond donors (Lipinski definition) is 1. The van der Waals surface area contributed by atoms with E-state index in [0.29, 0.717) is 6.04 Å². The summed E-state index contributed by atoms with van der Waals surface area (Å²) in [5, 5.41) is 13.0. The summed E-state index contributed by atoms with van der Waals surface area (Å²) in [6.07, 6.45) is 13.7. The maximum absolute atomic E-state index is 9.42. The monoisotopic (exact) mass is 283 g/mol. The normalized spacial score (nSPS) is 20.0. The Bertz CT molecular complexity index is 522. The van der Waals surface area contributed by atoms with Gasteiger partial charge in [-0.1, -0.05) is 32.1 Å². The van der Waals surface area contributed by atoms with Crippen LogP contribution in [0.4, 0.5) is 5.82 Å². The van der Waals surface area contributed by atoms with E-state index >= 15 is 0 Å². The number of aryl methyl sites for hydroxylation is 2. The van der Waals surface area contributed by atoms with E-state index in [-0.39, 0.29) is 0 Å². The standard InChI is InChI=1S/C18H25N3/c19-13-15-12-14-8-6-7-11-17(14)21-18(15)20-16-9-4-2-1-3-5-10-16/h12,16H,1-11H2,(H,20,21). The Morgan fingerprint density at radius 3 is 2.48 bits per heavy atom. The summed E-state index contributed by atoms with van der Waals surface area (Å²) < 4.78 is 0. The van der Waals surface area contributed by atoms with Crippen molar-refractivity contribution in [1.29, 1.82) is 5.26 Å². The minimum Gasteiger partial charge on any atom is -0.366 e. The number of anilines is 1. The van der Waals surface area contributed by atoms with Gasteiger partial charge >= 0.3 is 0 Å². The van der Waals surface area contributed by atoms with Gasteiger partial charge in [-0.2, -0.15) is 5.26 Å². The van der Waals surface area contributed by atoms with Gasteiger partial charge in [0.05, 0.1) is 5.56 Å². The van der Waals surface area contributed by atoms with Gasteiger partial charge in [0.1, 0.15) is 11.9 Å². The van der Waals surface area contributed by atoms with Crippen molar-refractivity contribution >= 4 is 5.82 Å². The SMILES string of the molecule is N#Cc1cc2c(nc1NC1CCCCCCC1)CCCC2. The average Bonchev–Trinajstić information content (AvgIpc) is 2.49. The molecule has 0 aliphatic heterocycles. The molecule has 0 atom stereocenters. The Morgan fingerprint density at radius 2 is 1.71 bits per heavy atom. The molecule has 0 amide bonds. The van der Waals surface area contributed by atoms with Crippen LogP contribution in [0, 0.1) is 11.3 Å². The smallest absolute Gasteiger partial charge is 0.144 e. The van der Waals surface area contributed by atoms with Gasteiger partial charge < -0.3 is 5.32 Å². The number of nitrogens with one attached hydrogen (secondary N) is 1. The van der Waals surface area contributed by atoms with Crippen molar-refractivity contribution in [2.45, 2.75) is 76.7 Å². The lowest BCUT2D eigenvalue weighted by Crippen LogP contribution is -2.22. The van der Waals surface area contributed by atoms with E-state index in [2.05, 4.69) is 17.5 Å². The highest BCUT2D eigenvalue weighted by Crippen LogP contribution is 2.26. The van der Waals surface area contributed by atoms with Crippen LogP contribution in [-0.2, 0) is 12.8 Å². The molecule has 0 saturated heterocycles. The lowest BCUT2D eigenvalue weighted by molar-refractivity contribution is 0.470. The van der Waals surface area contributed by atoms with Gasteiger partial charge in [-0.25, -0.2) is 4.98 Å². The molecule has 1 aromatic rings. The molecule has 0 unspecified atom stereocenters. The fourth-order valence-electron chi connectivity index (χ4n) is 3.62. The van der Waals surface area contributed by atoms with Gasteiger partial charge in [0.2, 0.25) is 0 Å². The topological polar surface area (TPSA) is 48.7 Å². The molecule has 2 aliphatic carbocycles. The number of rotatable bonds is 2. The van der Waals surface area contributed by atoms with Crippen molar-refractivity contribution in [3.05, 3.63) is 22.9 Å². The van der Waals surface area contributed by atoms with E-state index in [1.165, 1.54) is 69.0 Å². The second-order valence-corrected chi connectivity index (χ2v) is 6.50. The fraction of sp³-hybridized carbons (Fsp3) is 0.667. The van der Waals surface area contributed by atoms with Crippen LogP contribution in [0.3, 0.4) is 0 Å². The Kier molecular flexibility index (Phi) is 4.75. The second-order valence-electron chi connectivity index (χ2n) is 6.50. The van der Waals surface area contributed by atoms with Crippen LogP contribution in [0.2, 0.25) is 0 Å². The third kappa shape index (κ3) is 3.56. The van der Waals surface area contributed by atoms with Gasteiger partial charge in [0.25, 0.3) is 0 Å². The molecule has 3 heteroatoms. The summed E-state index contributed by atoms with van der Waals surface area (Å²) in [7, 11) is 0. The molecule has 0 spiro atoms. The van der Waals surface area contributed by atoms with Crippen LogP contribution in [0.15, 0.2) is 6.07 Å². The Labute approximate surface area is 127 Å². The summed E-state index contributed by atoms with van der Waals surface area (Å²) in [5.41, 5.74) is 3.24. The summed E-state index contributed by atoms with van der Waals surface area (Å²) in [4.78, 5) is 4.80. The number of aromatic nitrogens is 1. The summed E-state index contributed by atoms with van der Waals surface area (Å²) in [5.74, 6) is 0.837. The van der Waals surface area contributed by atoms with Crippen LogP contribution in [-0.4, -0.2) is 11.0 Å². The summed E-state index contributed by atoms with van der Waals surface area (Å²) >= 11 is 0. The molecule has 1 heterocycles. The third-order valence-corrected chi connectivity index (χ3v) is 4.87. The molecule has 1 saturated carbocycles. The van der Waals surface area contributed by atoms with Gasteiger partial charge in [0, 0.05) is 11.7 Å². The van der Waals surface area contributed by atoms with Gasteiger partial charge in [-0.3, -0.25) is 0 Å². The van der Waals surface area contributed by atoms with E-state index in [1.807, 2.05) is 0 Å². The van der Waals surface area contributed by atoms with Crippen LogP contribution < -0.4 is 5.32 Å². The molecule has 1 aromatic heterocycles. The van der Waals surface area contributed by atoms with Crippen LogP contribution in [0.25, 0.3) is 0 Å². The number of hydrogen-bond acceptors (Lipinski definition) is 3. The van der Waals surface area contributed by atoms with E-state index < -0.39 is 0 Å². The first kappa shape index (κ1) is 14.4. The van der Waals surface area contributed by atoms with Crippen molar-refractivity contribution in [2.24, 2.45) is 0 Å². The first-order valence-corrected chi connectivity index (χ1v) is 8.56. The highest BCUT2D eigenvalue weighted by molar-refractivity contribution is 5.55. The number of nitrogens with zero attached hydrogens (tertiary/aromatic N) is 2. The van der Waals surface area contributed by atoms with Crippen molar-refractivity contribution in [3.63, 3.8) is 0 Å². The predicted molar refractivity (Wildman–Crippen MR) is 85.3 cm³/mol. The number of pyridine rings is 1. The Hall–Kier alpha value is -1.56. The minimum absolute atomic E-state index is 0.492. The number of fused-ring (bicyclic) bond motifs is 1. The molecule has 21 heavy (non-hydrogen) atoms. The van der Waals surface area contributed by atoms with Gasteiger partial charge in [-0.15, -0.1) is 0 Å². The highest BCUT2D eigenvalue weighted by atomic mass is 15.0. The highest BCUT2D eigenvalue weighted by Gasteiger charge is 2.18. The quantitative estimate of drug-likeness (QED) is 0.877. The molecule has 2 aliphatic rings. The maximum atomic E-state index is 9.42. The molecule has 0 bridgehead atoms. The zero-order valence-electron chi connectivity index (χ0n) is 12.8. The zero-order valence-corrected chi connectivity index (χ0v) is 12.8. The lowest BCUT2D eigenvalue weighted by Gasteiger charge is -2.23. The van der Waals surface area contributed by atoms with Crippen molar-refractivity contribution in [2.75, 3.05) is 5.32 Å². The fourth-order valence-corrected chi connectivity index (χ4v) is 3.62. The summed E-state index contributed by atoms with van der Waals surface area (Å²) in [6, 6.07) is 4.91. The van der Waals surface area contributed by atoms with E-state index in [0.717, 1.165) is 24.2 Å². The van der Waals surface area contributed by atoms with Crippen molar-refractivity contribution in [3.8, 4) is 6.07 Å². The Morgan fingerprint density at radius 1 is 1.00 bits per heavy atom. The Balaban J connectivity index is 1.78. The lowest BCUT2D eigenvalue weighted by atomic mass is 9.94. The first-order chi connectivity index (χ1) is 10.4. The van der Waals surface area contributed by atoms with Gasteiger partial charge in [0.15, 0.2) is 0 Å². The average molecular weight is 283 g/mol. The predicted octanol–water partition coefficient (Wildman–Crippen LogP) is 4.36. The molecule has 3 rings (SSSR count). The molecule has 0 radical (unpaired) electrons. The summed E-state index contributed by atoms with van der Waals surface area (Å²) in [6.45, 7) is 0. The van der Waals surface area contributed by atoms with Crippen LogP contribution >= 0.6 is 0 Å². The van der Waals surface area contributed by atoms with Crippen molar-refractivity contribution in [1.82, 2.24) is 4.98 Å². The number of nitriles is 1. The van der Waals surface area contributed by atoms with Gasteiger partial charge in [-0.05, 0) is 50.2 Å². The van der Waals surface area contributed by atoms with E-state index in [1.54, 1.807) is 0 Å². The molecule has 1 fully saturated rings. The van der Waals surface area contributed by atoms with Crippen molar-refractivity contribution < 1.29 is 0 Å². The molecule has 112 valence electrons.